The third kappa shape index (κ3) is 7.24. The van der Waals surface area contributed by atoms with E-state index in [1.54, 1.807) is 0 Å². The number of carbonyl (C=O) groups excluding carboxylic acids is 1. The van der Waals surface area contributed by atoms with E-state index in [-0.39, 0.29) is 30.0 Å². The molecule has 0 heterocycles. The van der Waals surface area contributed by atoms with Gasteiger partial charge in [0.15, 0.2) is 5.17 Å². The molecular weight excluding hydrogens is 312 g/mol. The Morgan fingerprint density at radius 1 is 1.43 bits per heavy atom. The molecule has 1 aromatic carbocycles. The maximum atomic E-state index is 11.3. The van der Waals surface area contributed by atoms with Gasteiger partial charge >= 0.3 is 5.97 Å². The summed E-state index contributed by atoms with van der Waals surface area (Å²) in [6, 6.07) is 5.60. The van der Waals surface area contributed by atoms with Crippen LogP contribution in [0, 0.1) is 5.41 Å². The molecule has 0 saturated carbocycles. The van der Waals surface area contributed by atoms with Crippen LogP contribution in [0.3, 0.4) is 0 Å². The Morgan fingerprint density at radius 2 is 2.14 bits per heavy atom. The van der Waals surface area contributed by atoms with Gasteiger partial charge in [0.2, 0.25) is 0 Å². The van der Waals surface area contributed by atoms with Crippen molar-refractivity contribution in [3.63, 3.8) is 0 Å². The molecule has 0 bridgehead atoms. The predicted octanol–water partition coefficient (Wildman–Crippen LogP) is 2.74. The van der Waals surface area contributed by atoms with Gasteiger partial charge in [-0.2, -0.15) is 0 Å². The number of carbonyl (C=O) groups is 1. The number of nitrogens with two attached hydrogens (primary N) is 1. The number of halogens is 1. The first-order valence-electron chi connectivity index (χ1n) is 6.35. The molecule has 5 nitrogen and oxygen atoms in total. The fourth-order valence-electron chi connectivity index (χ4n) is 1.60. The summed E-state index contributed by atoms with van der Waals surface area (Å²) < 4.78 is 10.3. The number of nitrogens with one attached hydrogen (secondary N) is 1. The maximum Gasteiger partial charge on any atom is 0.309 e. The number of hydrogen-bond donors (Lipinski definition) is 2. The molecule has 0 aliphatic carbocycles. The lowest BCUT2D eigenvalue weighted by atomic mass is 10.1. The maximum absolute atomic E-state index is 11.3. The Balaban J connectivity index is 0.00000400. The van der Waals surface area contributed by atoms with Crippen molar-refractivity contribution < 1.29 is 14.3 Å². The Bertz CT molecular complexity index is 483. The molecule has 1 rings (SSSR count). The molecule has 0 aliphatic heterocycles. The molecule has 3 N–H and O–H groups in total. The number of methoxy groups -OCH3 is 1. The topological polar surface area (TPSA) is 85.4 Å². The van der Waals surface area contributed by atoms with E-state index in [1.807, 2.05) is 25.1 Å². The van der Waals surface area contributed by atoms with Crippen LogP contribution in [0.25, 0.3) is 0 Å². The zero-order valence-corrected chi connectivity index (χ0v) is 13.8. The predicted molar refractivity (Wildman–Crippen MR) is 88.4 cm³/mol. The first-order valence-corrected chi connectivity index (χ1v) is 7.33. The van der Waals surface area contributed by atoms with Crippen LogP contribution < -0.4 is 10.5 Å². The number of ether oxygens (including phenoxy) is 2. The van der Waals surface area contributed by atoms with Crippen LogP contribution in [0.5, 0.6) is 5.75 Å². The Labute approximate surface area is 135 Å². The van der Waals surface area contributed by atoms with Gasteiger partial charge in [0.1, 0.15) is 5.75 Å². The summed E-state index contributed by atoms with van der Waals surface area (Å²) in [5.74, 6) is 1.04. The average Bonchev–Trinajstić information content (AvgIpc) is 2.43. The van der Waals surface area contributed by atoms with Crippen LogP contribution in [-0.4, -0.2) is 24.9 Å². The van der Waals surface area contributed by atoms with Crippen LogP contribution in [0.4, 0.5) is 0 Å². The fraction of sp³-hybridized carbons (Fsp3) is 0.429. The smallest absolute Gasteiger partial charge is 0.309 e. The van der Waals surface area contributed by atoms with Gasteiger partial charge in [0.05, 0.1) is 20.1 Å². The average molecular weight is 333 g/mol. The monoisotopic (exact) mass is 332 g/mol. The van der Waals surface area contributed by atoms with Crippen molar-refractivity contribution in [2.24, 2.45) is 5.73 Å². The van der Waals surface area contributed by atoms with Crippen molar-refractivity contribution in [2.45, 2.75) is 25.5 Å². The minimum atomic E-state index is -0.280. The van der Waals surface area contributed by atoms with Gasteiger partial charge in [-0.05, 0) is 18.1 Å². The van der Waals surface area contributed by atoms with Gasteiger partial charge in [-0.25, -0.2) is 0 Å². The summed E-state index contributed by atoms with van der Waals surface area (Å²) in [7, 11) is 1.37. The number of esters is 1. The zero-order valence-electron chi connectivity index (χ0n) is 12.2. The van der Waals surface area contributed by atoms with Crippen LogP contribution in [0.15, 0.2) is 18.2 Å². The van der Waals surface area contributed by atoms with Crippen molar-refractivity contribution in [3.8, 4) is 5.75 Å². The second-order valence-corrected chi connectivity index (χ2v) is 5.21. The molecule has 21 heavy (non-hydrogen) atoms. The molecule has 0 unspecified atom stereocenters. The molecule has 0 atom stereocenters. The summed E-state index contributed by atoms with van der Waals surface area (Å²) in [4.78, 5) is 11.3. The summed E-state index contributed by atoms with van der Waals surface area (Å²) in [6.07, 6.45) is 1.14. The van der Waals surface area contributed by atoms with Crippen molar-refractivity contribution in [3.05, 3.63) is 29.3 Å². The lowest BCUT2D eigenvalue weighted by molar-refractivity contribution is -0.139. The highest BCUT2D eigenvalue weighted by atomic mass is 35.5. The number of thioether (sulfide) groups is 1. The normalized spacial score (nSPS) is 9.62. The third-order valence-electron chi connectivity index (χ3n) is 2.55. The van der Waals surface area contributed by atoms with Gasteiger partial charge in [-0.15, -0.1) is 12.4 Å². The van der Waals surface area contributed by atoms with Crippen LogP contribution in [0.1, 0.15) is 24.5 Å². The molecule has 7 heteroatoms. The van der Waals surface area contributed by atoms with E-state index in [0.29, 0.717) is 12.4 Å². The Morgan fingerprint density at radius 3 is 2.71 bits per heavy atom. The van der Waals surface area contributed by atoms with E-state index >= 15 is 0 Å². The summed E-state index contributed by atoms with van der Waals surface area (Å²) in [5.41, 5.74) is 7.15. The van der Waals surface area contributed by atoms with Crippen molar-refractivity contribution in [1.29, 1.82) is 5.41 Å². The minimum absolute atomic E-state index is 0. The largest absolute Gasteiger partial charge is 0.493 e. The molecule has 1 aromatic rings. The molecule has 0 aromatic heterocycles. The number of benzene rings is 1. The van der Waals surface area contributed by atoms with E-state index in [9.17, 15) is 4.79 Å². The van der Waals surface area contributed by atoms with E-state index in [4.69, 9.17) is 15.9 Å². The molecule has 0 aliphatic rings. The number of rotatable bonds is 7. The first-order chi connectivity index (χ1) is 9.56. The van der Waals surface area contributed by atoms with E-state index in [2.05, 4.69) is 4.74 Å². The second-order valence-electron chi connectivity index (χ2n) is 4.20. The summed E-state index contributed by atoms with van der Waals surface area (Å²) in [5, 5.41) is 7.33. The lowest BCUT2D eigenvalue weighted by Gasteiger charge is -2.12. The molecule has 0 radical (unpaired) electrons. The molecule has 0 saturated heterocycles. The van der Waals surface area contributed by atoms with Crippen molar-refractivity contribution in [2.75, 3.05) is 13.7 Å². The SMILES string of the molecule is CCCOc1ccc(CC(=O)OC)cc1CSC(=N)N.Cl. The standard InChI is InChI=1S/C14H20N2O3S.ClH/c1-3-6-19-12-5-4-10(8-13(17)18-2)7-11(12)9-20-14(15)16;/h4-5,7H,3,6,8-9H2,1-2H3,(H3,15,16);1H. The molecule has 0 amide bonds. The quantitative estimate of drug-likeness (QED) is 0.455. The lowest BCUT2D eigenvalue weighted by Crippen LogP contribution is -2.07. The minimum Gasteiger partial charge on any atom is -0.493 e. The number of hydrogen-bond acceptors (Lipinski definition) is 5. The number of amidine groups is 1. The Hall–Kier alpha value is -1.40. The van der Waals surface area contributed by atoms with Gasteiger partial charge in [-0.1, -0.05) is 30.8 Å². The van der Waals surface area contributed by atoms with E-state index in [0.717, 1.165) is 23.3 Å². The molecule has 118 valence electrons. The fourth-order valence-corrected chi connectivity index (χ4v) is 2.14. The summed E-state index contributed by atoms with van der Waals surface area (Å²) >= 11 is 1.23. The van der Waals surface area contributed by atoms with Crippen LogP contribution in [0.2, 0.25) is 0 Å². The molecular formula is C14H21ClN2O3S. The van der Waals surface area contributed by atoms with Crippen molar-refractivity contribution >= 4 is 35.3 Å². The van der Waals surface area contributed by atoms with Gasteiger partial charge in [-0.3, -0.25) is 10.2 Å². The highest BCUT2D eigenvalue weighted by Crippen LogP contribution is 2.25. The van der Waals surface area contributed by atoms with Gasteiger partial charge in [0.25, 0.3) is 0 Å². The van der Waals surface area contributed by atoms with E-state index in [1.165, 1.54) is 18.9 Å². The van der Waals surface area contributed by atoms with Gasteiger partial charge < -0.3 is 15.2 Å². The van der Waals surface area contributed by atoms with Gasteiger partial charge in [0, 0.05) is 11.3 Å². The third-order valence-corrected chi connectivity index (χ3v) is 3.31. The molecule has 0 fully saturated rings. The highest BCUT2D eigenvalue weighted by molar-refractivity contribution is 8.13. The second kappa shape index (κ2) is 10.3. The summed E-state index contributed by atoms with van der Waals surface area (Å²) in [6.45, 7) is 2.67. The van der Waals surface area contributed by atoms with E-state index < -0.39 is 0 Å². The zero-order chi connectivity index (χ0) is 15.0. The highest BCUT2D eigenvalue weighted by Gasteiger charge is 2.09. The van der Waals surface area contributed by atoms with Crippen LogP contribution >= 0.6 is 24.2 Å². The van der Waals surface area contributed by atoms with Crippen LogP contribution in [-0.2, 0) is 21.7 Å². The Kier molecular flexibility index (Phi) is 9.65. The van der Waals surface area contributed by atoms with Crippen molar-refractivity contribution in [1.82, 2.24) is 0 Å². The molecule has 0 spiro atoms. The first kappa shape index (κ1) is 19.6.